The molecule has 0 amide bonds. The molecule has 1 fully saturated rings. The molecule has 0 radical (unpaired) electrons. The van der Waals surface area contributed by atoms with E-state index in [1.54, 1.807) is 4.90 Å². The van der Waals surface area contributed by atoms with E-state index in [0.717, 1.165) is 13.3 Å². The summed E-state index contributed by atoms with van der Waals surface area (Å²) >= 11 is 5.92. The second-order valence-electron chi connectivity index (χ2n) is 4.41. The zero-order valence-corrected chi connectivity index (χ0v) is 10.3. The number of anilines is 1. The van der Waals surface area contributed by atoms with Gasteiger partial charge in [0.1, 0.15) is 0 Å². The van der Waals surface area contributed by atoms with E-state index in [4.69, 9.17) is 11.6 Å². The molecule has 1 aromatic heterocycles. The van der Waals surface area contributed by atoms with Gasteiger partial charge in [0.2, 0.25) is 5.92 Å². The third-order valence-electron chi connectivity index (χ3n) is 3.07. The molecule has 2 rings (SSSR count). The lowest BCUT2D eigenvalue weighted by Crippen LogP contribution is -2.42. The van der Waals surface area contributed by atoms with Crippen LogP contribution >= 0.6 is 11.6 Å². The Hall–Kier alpha value is -0.970. The Morgan fingerprint density at radius 2 is 2.12 bits per heavy atom. The van der Waals surface area contributed by atoms with Crippen molar-refractivity contribution < 1.29 is 8.78 Å². The Morgan fingerprint density at radius 3 is 2.76 bits per heavy atom. The molecular weight excluding hydrogens is 248 g/mol. The monoisotopic (exact) mass is 261 g/mol. The standard InChI is InChI=1S/C11H14ClF2N3/c1-11(13,14)8-3-2-6-17(7-8)10-9(12)15-4-5-16-10/h4-5,8H,2-3,6-7H2,1H3. The van der Waals surface area contributed by atoms with E-state index in [2.05, 4.69) is 9.97 Å². The highest BCUT2D eigenvalue weighted by Crippen LogP contribution is 2.34. The summed E-state index contributed by atoms with van der Waals surface area (Å²) in [5, 5.41) is 0.271. The fourth-order valence-corrected chi connectivity index (χ4v) is 2.33. The number of hydrogen-bond donors (Lipinski definition) is 0. The molecule has 1 atom stereocenters. The lowest BCUT2D eigenvalue weighted by Gasteiger charge is -2.36. The number of halogens is 3. The maximum atomic E-state index is 13.3. The van der Waals surface area contributed by atoms with Gasteiger partial charge in [0, 0.05) is 31.4 Å². The lowest BCUT2D eigenvalue weighted by atomic mass is 9.93. The summed E-state index contributed by atoms with van der Waals surface area (Å²) in [7, 11) is 0. The zero-order valence-electron chi connectivity index (χ0n) is 9.54. The first-order valence-electron chi connectivity index (χ1n) is 5.58. The van der Waals surface area contributed by atoms with E-state index in [1.165, 1.54) is 12.4 Å². The second-order valence-corrected chi connectivity index (χ2v) is 4.77. The molecule has 6 heteroatoms. The van der Waals surface area contributed by atoms with Gasteiger partial charge in [-0.3, -0.25) is 0 Å². The smallest absolute Gasteiger partial charge is 0.249 e. The third kappa shape index (κ3) is 2.83. The number of aromatic nitrogens is 2. The average molecular weight is 262 g/mol. The summed E-state index contributed by atoms with van der Waals surface area (Å²) in [6.07, 6.45) is 4.27. The summed E-state index contributed by atoms with van der Waals surface area (Å²) in [4.78, 5) is 9.81. The number of rotatable bonds is 2. The van der Waals surface area contributed by atoms with Crippen LogP contribution in [0.2, 0.25) is 5.15 Å². The summed E-state index contributed by atoms with van der Waals surface area (Å²) < 4.78 is 26.6. The first-order chi connectivity index (χ1) is 7.98. The van der Waals surface area contributed by atoms with Crippen molar-refractivity contribution >= 4 is 17.4 Å². The van der Waals surface area contributed by atoms with Gasteiger partial charge in [-0.25, -0.2) is 18.7 Å². The molecule has 0 aromatic carbocycles. The molecule has 94 valence electrons. The van der Waals surface area contributed by atoms with E-state index < -0.39 is 11.8 Å². The largest absolute Gasteiger partial charge is 0.354 e. The van der Waals surface area contributed by atoms with Gasteiger partial charge in [-0.05, 0) is 19.8 Å². The quantitative estimate of drug-likeness (QED) is 0.820. The Bertz CT molecular complexity index is 395. The molecule has 3 nitrogen and oxygen atoms in total. The first-order valence-corrected chi connectivity index (χ1v) is 5.95. The van der Waals surface area contributed by atoms with Crippen LogP contribution in [-0.4, -0.2) is 29.0 Å². The minimum Gasteiger partial charge on any atom is -0.354 e. The van der Waals surface area contributed by atoms with Gasteiger partial charge in [0.05, 0.1) is 0 Å². The Kier molecular flexibility index (Phi) is 3.47. The van der Waals surface area contributed by atoms with Crippen LogP contribution in [0.25, 0.3) is 0 Å². The van der Waals surface area contributed by atoms with Gasteiger partial charge in [-0.1, -0.05) is 11.6 Å². The molecule has 1 aromatic rings. The first kappa shape index (κ1) is 12.5. The van der Waals surface area contributed by atoms with E-state index >= 15 is 0 Å². The summed E-state index contributed by atoms with van der Waals surface area (Å²) in [5.41, 5.74) is 0. The van der Waals surface area contributed by atoms with Crippen LogP contribution in [-0.2, 0) is 0 Å². The maximum absolute atomic E-state index is 13.3. The van der Waals surface area contributed by atoms with Gasteiger partial charge < -0.3 is 4.90 Å². The highest BCUT2D eigenvalue weighted by atomic mass is 35.5. The Balaban J connectivity index is 2.15. The van der Waals surface area contributed by atoms with Crippen LogP contribution < -0.4 is 4.90 Å². The molecule has 1 aliphatic rings. The minimum absolute atomic E-state index is 0.271. The Labute approximate surface area is 104 Å². The summed E-state index contributed by atoms with van der Waals surface area (Å²) in [5.74, 6) is -2.80. The van der Waals surface area contributed by atoms with Crippen molar-refractivity contribution in [2.24, 2.45) is 5.92 Å². The van der Waals surface area contributed by atoms with Crippen molar-refractivity contribution in [3.63, 3.8) is 0 Å². The fourth-order valence-electron chi connectivity index (χ4n) is 2.11. The SMILES string of the molecule is CC(F)(F)C1CCCN(c2nccnc2Cl)C1. The summed E-state index contributed by atoms with van der Waals surface area (Å²) in [6, 6.07) is 0. The normalized spacial score (nSPS) is 21.6. The van der Waals surface area contributed by atoms with Gasteiger partial charge in [0.25, 0.3) is 0 Å². The lowest BCUT2D eigenvalue weighted by molar-refractivity contribution is -0.0440. The van der Waals surface area contributed by atoms with Crippen LogP contribution in [0.5, 0.6) is 0 Å². The van der Waals surface area contributed by atoms with Gasteiger partial charge in [-0.15, -0.1) is 0 Å². The van der Waals surface area contributed by atoms with Crippen molar-refractivity contribution in [3.05, 3.63) is 17.5 Å². The van der Waals surface area contributed by atoms with Gasteiger partial charge in [0.15, 0.2) is 11.0 Å². The van der Waals surface area contributed by atoms with Gasteiger partial charge >= 0.3 is 0 Å². The Morgan fingerprint density at radius 1 is 1.41 bits per heavy atom. The third-order valence-corrected chi connectivity index (χ3v) is 3.34. The van der Waals surface area contributed by atoms with Crippen molar-refractivity contribution in [3.8, 4) is 0 Å². The van der Waals surface area contributed by atoms with Crippen molar-refractivity contribution in [2.45, 2.75) is 25.7 Å². The molecule has 0 saturated carbocycles. The second kappa shape index (κ2) is 4.72. The molecular formula is C11H14ClF2N3. The molecule has 1 unspecified atom stereocenters. The average Bonchev–Trinajstić information content (AvgIpc) is 2.29. The van der Waals surface area contributed by atoms with Crippen molar-refractivity contribution in [2.75, 3.05) is 18.0 Å². The minimum atomic E-state index is -2.66. The predicted octanol–water partition coefficient (Wildman–Crippen LogP) is 3.00. The highest BCUT2D eigenvalue weighted by Gasteiger charge is 2.37. The highest BCUT2D eigenvalue weighted by molar-refractivity contribution is 6.31. The molecule has 0 spiro atoms. The van der Waals surface area contributed by atoms with Crippen LogP contribution in [0.1, 0.15) is 19.8 Å². The van der Waals surface area contributed by atoms with E-state index in [-0.39, 0.29) is 11.7 Å². The molecule has 17 heavy (non-hydrogen) atoms. The topological polar surface area (TPSA) is 29.0 Å². The molecule has 0 aliphatic carbocycles. The van der Waals surface area contributed by atoms with Crippen LogP contribution in [0.15, 0.2) is 12.4 Å². The molecule has 1 aliphatic heterocycles. The number of alkyl halides is 2. The number of hydrogen-bond acceptors (Lipinski definition) is 3. The molecule has 0 N–H and O–H groups in total. The van der Waals surface area contributed by atoms with E-state index in [1.807, 2.05) is 0 Å². The van der Waals surface area contributed by atoms with E-state index in [9.17, 15) is 8.78 Å². The molecule has 2 heterocycles. The van der Waals surface area contributed by atoms with Gasteiger partial charge in [-0.2, -0.15) is 0 Å². The number of nitrogens with zero attached hydrogens (tertiary/aromatic N) is 3. The molecule has 0 bridgehead atoms. The maximum Gasteiger partial charge on any atom is 0.249 e. The van der Waals surface area contributed by atoms with Crippen molar-refractivity contribution in [1.82, 2.24) is 9.97 Å². The fraction of sp³-hybridized carbons (Fsp3) is 0.636. The number of piperidine rings is 1. The zero-order chi connectivity index (χ0) is 12.5. The summed E-state index contributed by atoms with van der Waals surface area (Å²) in [6.45, 7) is 1.95. The van der Waals surface area contributed by atoms with Crippen molar-refractivity contribution in [1.29, 1.82) is 0 Å². The van der Waals surface area contributed by atoms with Crippen LogP contribution in [0.3, 0.4) is 0 Å². The molecule has 1 saturated heterocycles. The predicted molar refractivity (Wildman–Crippen MR) is 62.6 cm³/mol. The van der Waals surface area contributed by atoms with Crippen LogP contribution in [0.4, 0.5) is 14.6 Å². The van der Waals surface area contributed by atoms with Crippen LogP contribution in [0, 0.1) is 5.92 Å². The van der Waals surface area contributed by atoms with E-state index in [0.29, 0.717) is 18.8 Å².